The zero-order chi connectivity index (χ0) is 18.6. The second-order valence-electron chi connectivity index (χ2n) is 5.72. The fourth-order valence-corrected chi connectivity index (χ4v) is 3.57. The van der Waals surface area contributed by atoms with Gasteiger partial charge in [0.15, 0.2) is 11.5 Å². The van der Waals surface area contributed by atoms with Crippen molar-refractivity contribution >= 4 is 21.5 Å². The highest BCUT2D eigenvalue weighted by molar-refractivity contribution is 7.89. The molecule has 0 saturated carbocycles. The van der Waals surface area contributed by atoms with Gasteiger partial charge in [-0.25, -0.2) is 13.1 Å². The van der Waals surface area contributed by atoms with Crippen molar-refractivity contribution < 1.29 is 13.5 Å². The number of rotatable bonds is 8. The molecule has 0 aliphatic rings. The molecule has 2 aromatic heterocycles. The summed E-state index contributed by atoms with van der Waals surface area (Å²) in [5.41, 5.74) is 1.44. The lowest BCUT2D eigenvalue weighted by Crippen LogP contribution is -2.26. The van der Waals surface area contributed by atoms with E-state index < -0.39 is 10.0 Å². The van der Waals surface area contributed by atoms with Gasteiger partial charge in [0.2, 0.25) is 10.0 Å². The fourth-order valence-electron chi connectivity index (χ4n) is 2.43. The number of aryl methyl sites for hydroxylation is 1. The van der Waals surface area contributed by atoms with Gasteiger partial charge in [-0.3, -0.25) is 0 Å². The monoisotopic (exact) mass is 376 g/mol. The van der Waals surface area contributed by atoms with Gasteiger partial charge in [0.05, 0.1) is 11.5 Å². The smallest absolute Gasteiger partial charge is 0.240 e. The molecule has 3 aromatic rings. The second kappa shape index (κ2) is 7.77. The maximum Gasteiger partial charge on any atom is 0.240 e. The van der Waals surface area contributed by atoms with Crippen molar-refractivity contribution in [3.05, 3.63) is 47.8 Å². The van der Waals surface area contributed by atoms with Crippen LogP contribution in [0.25, 0.3) is 5.65 Å². The number of hydrogen-bond acceptors (Lipinski definition) is 7. The number of sulfonamides is 1. The van der Waals surface area contributed by atoms with Crippen LogP contribution in [-0.4, -0.2) is 53.0 Å². The summed E-state index contributed by atoms with van der Waals surface area (Å²) >= 11 is 0. The van der Waals surface area contributed by atoms with Crippen LogP contribution >= 0.6 is 0 Å². The minimum atomic E-state index is -3.58. The van der Waals surface area contributed by atoms with Crippen LogP contribution in [0, 0.1) is 6.92 Å². The minimum Gasteiger partial charge on any atom is -0.395 e. The summed E-state index contributed by atoms with van der Waals surface area (Å²) in [6.07, 6.45) is 0.336. The first kappa shape index (κ1) is 18.2. The molecule has 0 atom stereocenters. The van der Waals surface area contributed by atoms with Crippen molar-refractivity contribution in [3.63, 3.8) is 0 Å². The van der Waals surface area contributed by atoms with Gasteiger partial charge in [0, 0.05) is 19.5 Å². The average molecular weight is 376 g/mol. The maximum atomic E-state index is 12.3. The molecule has 0 radical (unpaired) electrons. The van der Waals surface area contributed by atoms with Gasteiger partial charge in [-0.1, -0.05) is 12.1 Å². The highest BCUT2D eigenvalue weighted by Crippen LogP contribution is 2.11. The Morgan fingerprint density at radius 2 is 2.00 bits per heavy atom. The van der Waals surface area contributed by atoms with Crippen LogP contribution in [0.2, 0.25) is 0 Å². The molecule has 2 heterocycles. The van der Waals surface area contributed by atoms with E-state index in [9.17, 15) is 8.42 Å². The number of aromatic nitrogens is 4. The van der Waals surface area contributed by atoms with Crippen LogP contribution < -0.4 is 10.0 Å². The second-order valence-corrected chi connectivity index (χ2v) is 7.49. The van der Waals surface area contributed by atoms with Gasteiger partial charge in [-0.2, -0.15) is 4.52 Å². The number of hydrogen-bond donors (Lipinski definition) is 3. The van der Waals surface area contributed by atoms with Crippen molar-refractivity contribution in [2.24, 2.45) is 0 Å². The molecule has 0 unspecified atom stereocenters. The molecule has 0 amide bonds. The minimum absolute atomic E-state index is 0.00447. The topological polar surface area (TPSA) is 122 Å². The number of benzene rings is 1. The molecule has 1 aromatic carbocycles. The molecule has 0 bridgehead atoms. The Morgan fingerprint density at radius 1 is 1.15 bits per heavy atom. The molecule has 0 aliphatic carbocycles. The fraction of sp³-hybridized carbons (Fsp3) is 0.312. The maximum absolute atomic E-state index is 12.3. The van der Waals surface area contributed by atoms with E-state index >= 15 is 0 Å². The van der Waals surface area contributed by atoms with E-state index in [1.54, 1.807) is 34.8 Å². The van der Waals surface area contributed by atoms with E-state index in [1.807, 2.05) is 13.0 Å². The van der Waals surface area contributed by atoms with E-state index in [0.717, 1.165) is 5.56 Å². The first-order valence-electron chi connectivity index (χ1n) is 8.12. The molecule has 9 nitrogen and oxygen atoms in total. The summed E-state index contributed by atoms with van der Waals surface area (Å²) in [6.45, 7) is 2.39. The van der Waals surface area contributed by atoms with Crippen molar-refractivity contribution in [2.45, 2.75) is 18.2 Å². The lowest BCUT2D eigenvalue weighted by atomic mass is 10.2. The summed E-state index contributed by atoms with van der Waals surface area (Å²) in [4.78, 5) is 0.234. The highest BCUT2D eigenvalue weighted by atomic mass is 32.2. The number of anilines is 1. The van der Waals surface area contributed by atoms with Gasteiger partial charge in [-0.15, -0.1) is 15.3 Å². The third kappa shape index (κ3) is 4.15. The van der Waals surface area contributed by atoms with Crippen LogP contribution in [0.5, 0.6) is 0 Å². The molecule has 10 heteroatoms. The van der Waals surface area contributed by atoms with Crippen LogP contribution in [0.1, 0.15) is 11.4 Å². The number of fused-ring (bicyclic) bond motifs is 1. The lowest BCUT2D eigenvalue weighted by Gasteiger charge is -2.07. The average Bonchev–Trinajstić information content (AvgIpc) is 3.02. The van der Waals surface area contributed by atoms with Crippen LogP contribution in [-0.2, 0) is 16.4 Å². The number of nitrogens with one attached hydrogen (secondary N) is 2. The van der Waals surface area contributed by atoms with Crippen molar-refractivity contribution in [1.82, 2.24) is 24.5 Å². The SMILES string of the molecule is Cc1cccc(S(=O)(=O)NCCc2nnc3ccc(NCCO)nn23)c1. The third-order valence-electron chi connectivity index (χ3n) is 3.69. The predicted octanol–water partition coefficient (Wildman–Crippen LogP) is 0.358. The van der Waals surface area contributed by atoms with Crippen LogP contribution in [0.15, 0.2) is 41.3 Å². The van der Waals surface area contributed by atoms with Crippen molar-refractivity contribution in [2.75, 3.05) is 25.0 Å². The summed E-state index contributed by atoms with van der Waals surface area (Å²) in [6, 6.07) is 10.2. The zero-order valence-electron chi connectivity index (χ0n) is 14.3. The highest BCUT2D eigenvalue weighted by Gasteiger charge is 2.14. The Hall–Kier alpha value is -2.56. The number of nitrogens with zero attached hydrogens (tertiary/aromatic N) is 4. The van der Waals surface area contributed by atoms with E-state index in [1.165, 1.54) is 0 Å². The Morgan fingerprint density at radius 3 is 2.77 bits per heavy atom. The van der Waals surface area contributed by atoms with E-state index in [4.69, 9.17) is 5.11 Å². The molecule has 0 spiro atoms. The van der Waals surface area contributed by atoms with Crippen LogP contribution in [0.4, 0.5) is 5.82 Å². The van der Waals surface area contributed by atoms with E-state index in [2.05, 4.69) is 25.3 Å². The largest absolute Gasteiger partial charge is 0.395 e. The normalized spacial score (nSPS) is 11.8. The van der Waals surface area contributed by atoms with Crippen LogP contribution in [0.3, 0.4) is 0 Å². The van der Waals surface area contributed by atoms with E-state index in [-0.39, 0.29) is 18.0 Å². The predicted molar refractivity (Wildman–Crippen MR) is 96.4 cm³/mol. The Balaban J connectivity index is 1.69. The quantitative estimate of drug-likeness (QED) is 0.519. The first-order chi connectivity index (χ1) is 12.5. The molecule has 0 aliphatic heterocycles. The Labute approximate surface area is 151 Å². The first-order valence-corrected chi connectivity index (χ1v) is 9.60. The summed E-state index contributed by atoms with van der Waals surface area (Å²) in [5.74, 6) is 1.12. The molecule has 3 rings (SSSR count). The molecule has 0 fully saturated rings. The Kier molecular flexibility index (Phi) is 5.45. The van der Waals surface area contributed by atoms with Gasteiger partial charge < -0.3 is 10.4 Å². The lowest BCUT2D eigenvalue weighted by molar-refractivity contribution is 0.311. The molecule has 138 valence electrons. The third-order valence-corrected chi connectivity index (χ3v) is 5.14. The molecule has 0 saturated heterocycles. The molecular weight excluding hydrogens is 356 g/mol. The molecule has 3 N–H and O–H groups in total. The number of aliphatic hydroxyl groups excluding tert-OH is 1. The van der Waals surface area contributed by atoms with Crippen molar-refractivity contribution in [1.29, 1.82) is 0 Å². The zero-order valence-corrected chi connectivity index (χ0v) is 15.1. The van der Waals surface area contributed by atoms with Crippen molar-refractivity contribution in [3.8, 4) is 0 Å². The number of aliphatic hydroxyl groups is 1. The van der Waals surface area contributed by atoms with Gasteiger partial charge >= 0.3 is 0 Å². The van der Waals surface area contributed by atoms with Gasteiger partial charge in [0.1, 0.15) is 5.82 Å². The standard InChI is InChI=1S/C16H20N6O3S/c1-12-3-2-4-13(11-12)26(24,25)18-8-7-16-20-19-15-6-5-14(17-9-10-23)21-22(15)16/h2-6,11,18,23H,7-10H2,1H3,(H,17,21). The summed E-state index contributed by atoms with van der Waals surface area (Å²) in [7, 11) is -3.58. The summed E-state index contributed by atoms with van der Waals surface area (Å²) in [5, 5.41) is 24.3. The van der Waals surface area contributed by atoms with E-state index in [0.29, 0.717) is 30.3 Å². The molecule has 26 heavy (non-hydrogen) atoms. The van der Waals surface area contributed by atoms with Gasteiger partial charge in [0.25, 0.3) is 0 Å². The summed E-state index contributed by atoms with van der Waals surface area (Å²) < 4.78 is 28.8. The molecular formula is C16H20N6O3S. The Bertz CT molecular complexity index is 1000. The van der Waals surface area contributed by atoms with Gasteiger partial charge in [-0.05, 0) is 36.8 Å².